The highest BCUT2D eigenvalue weighted by atomic mass is 19.1. The van der Waals surface area contributed by atoms with E-state index in [-0.39, 0.29) is 24.3 Å². The van der Waals surface area contributed by atoms with Crippen LogP contribution in [0.3, 0.4) is 0 Å². The first-order chi connectivity index (χ1) is 7.66. The van der Waals surface area contributed by atoms with Crippen LogP contribution in [0.2, 0.25) is 0 Å². The van der Waals surface area contributed by atoms with E-state index < -0.39 is 11.6 Å². The molecule has 1 aliphatic carbocycles. The number of carbonyl (C=O) groups is 1. The quantitative estimate of drug-likeness (QED) is 0.828. The summed E-state index contributed by atoms with van der Waals surface area (Å²) in [7, 11) is 0. The fourth-order valence-corrected chi connectivity index (χ4v) is 1.51. The molecule has 1 fully saturated rings. The number of ketones is 1. The van der Waals surface area contributed by atoms with Crippen molar-refractivity contribution in [2.45, 2.75) is 25.3 Å². The minimum absolute atomic E-state index is 0.134. The summed E-state index contributed by atoms with van der Waals surface area (Å²) in [5.74, 6) is -1.49. The highest BCUT2D eigenvalue weighted by molar-refractivity contribution is 5.82. The van der Waals surface area contributed by atoms with Crippen molar-refractivity contribution >= 4 is 5.78 Å². The first kappa shape index (κ1) is 11.2. The van der Waals surface area contributed by atoms with Gasteiger partial charge in [-0.15, -0.1) is 0 Å². The third-order valence-corrected chi connectivity index (χ3v) is 2.60. The molecule has 0 heterocycles. The second kappa shape index (κ2) is 4.70. The predicted octanol–water partition coefficient (Wildman–Crippen LogP) is 1.83. The lowest BCUT2D eigenvalue weighted by molar-refractivity contribution is -0.117. The normalized spacial score (nSPS) is 15.1. The third-order valence-electron chi connectivity index (χ3n) is 2.60. The molecule has 0 spiro atoms. The standard InChI is InChI=1S/C12H13F2NO/c13-11-2-1-3-12(14)10(11)6-9(16)7-15-8-4-5-8/h1-3,8,15H,4-7H2. The molecule has 2 rings (SSSR count). The van der Waals surface area contributed by atoms with Gasteiger partial charge in [0.1, 0.15) is 11.6 Å². The van der Waals surface area contributed by atoms with Gasteiger partial charge in [0.05, 0.1) is 6.54 Å². The fourth-order valence-electron chi connectivity index (χ4n) is 1.51. The molecule has 4 heteroatoms. The van der Waals surface area contributed by atoms with Crippen LogP contribution in [0.5, 0.6) is 0 Å². The van der Waals surface area contributed by atoms with Crippen molar-refractivity contribution in [1.82, 2.24) is 5.32 Å². The number of nitrogens with one attached hydrogen (secondary N) is 1. The summed E-state index contributed by atoms with van der Waals surface area (Å²) < 4.78 is 26.4. The van der Waals surface area contributed by atoms with Crippen LogP contribution in [0.25, 0.3) is 0 Å². The molecule has 86 valence electrons. The zero-order chi connectivity index (χ0) is 11.5. The lowest BCUT2D eigenvalue weighted by Crippen LogP contribution is -2.26. The largest absolute Gasteiger partial charge is 0.307 e. The van der Waals surface area contributed by atoms with E-state index in [0.29, 0.717) is 6.04 Å². The van der Waals surface area contributed by atoms with E-state index in [4.69, 9.17) is 0 Å². The van der Waals surface area contributed by atoms with Crippen molar-refractivity contribution in [3.05, 3.63) is 35.4 Å². The van der Waals surface area contributed by atoms with Gasteiger partial charge >= 0.3 is 0 Å². The van der Waals surface area contributed by atoms with Crippen molar-refractivity contribution in [2.75, 3.05) is 6.54 Å². The summed E-state index contributed by atoms with van der Waals surface area (Å²) in [6.45, 7) is 0.193. The van der Waals surface area contributed by atoms with Crippen molar-refractivity contribution in [3.8, 4) is 0 Å². The smallest absolute Gasteiger partial charge is 0.151 e. The van der Waals surface area contributed by atoms with Crippen molar-refractivity contribution in [1.29, 1.82) is 0 Å². The lowest BCUT2D eigenvalue weighted by Gasteiger charge is -2.05. The monoisotopic (exact) mass is 225 g/mol. The van der Waals surface area contributed by atoms with Gasteiger partial charge in [-0.05, 0) is 25.0 Å². The van der Waals surface area contributed by atoms with Gasteiger partial charge in [-0.1, -0.05) is 6.07 Å². The summed E-state index contributed by atoms with van der Waals surface area (Å²) in [5.41, 5.74) is -0.134. The molecule has 16 heavy (non-hydrogen) atoms. The molecule has 1 aliphatic rings. The van der Waals surface area contributed by atoms with Gasteiger partial charge in [0.2, 0.25) is 0 Å². The second-order valence-corrected chi connectivity index (χ2v) is 4.07. The topological polar surface area (TPSA) is 29.1 Å². The van der Waals surface area contributed by atoms with Crippen LogP contribution in [0.4, 0.5) is 8.78 Å². The lowest BCUT2D eigenvalue weighted by atomic mass is 10.1. The van der Waals surface area contributed by atoms with Crippen LogP contribution in [0.15, 0.2) is 18.2 Å². The van der Waals surface area contributed by atoms with E-state index in [2.05, 4.69) is 5.32 Å². The number of Topliss-reactive ketones (excluding diaryl/α,β-unsaturated/α-hetero) is 1. The van der Waals surface area contributed by atoms with E-state index in [1.54, 1.807) is 0 Å². The molecule has 0 aliphatic heterocycles. The molecule has 0 radical (unpaired) electrons. The van der Waals surface area contributed by atoms with Crippen LogP contribution in [0, 0.1) is 11.6 Å². The molecular formula is C12H13F2NO. The zero-order valence-electron chi connectivity index (χ0n) is 8.80. The van der Waals surface area contributed by atoms with Gasteiger partial charge in [0.15, 0.2) is 5.78 Å². The Morgan fingerprint density at radius 1 is 1.31 bits per heavy atom. The number of hydrogen-bond acceptors (Lipinski definition) is 2. The highest BCUT2D eigenvalue weighted by Crippen LogP contribution is 2.18. The Kier molecular flexibility index (Phi) is 3.29. The molecule has 0 saturated heterocycles. The number of halogens is 2. The molecule has 0 bridgehead atoms. The average molecular weight is 225 g/mol. The summed E-state index contributed by atoms with van der Waals surface area (Å²) in [5, 5.41) is 3.02. The van der Waals surface area contributed by atoms with Gasteiger partial charge in [0.25, 0.3) is 0 Å². The Balaban J connectivity index is 1.93. The Morgan fingerprint density at radius 2 is 1.94 bits per heavy atom. The minimum Gasteiger partial charge on any atom is -0.307 e. The van der Waals surface area contributed by atoms with Crippen molar-refractivity contribution in [3.63, 3.8) is 0 Å². The van der Waals surface area contributed by atoms with E-state index in [1.165, 1.54) is 18.2 Å². The van der Waals surface area contributed by atoms with Gasteiger partial charge < -0.3 is 5.32 Å². The molecule has 0 amide bonds. The summed E-state index contributed by atoms with van der Waals surface area (Å²) in [4.78, 5) is 11.5. The summed E-state index contributed by atoms with van der Waals surface area (Å²) in [6, 6.07) is 4.05. The van der Waals surface area contributed by atoms with Gasteiger partial charge in [-0.25, -0.2) is 8.78 Å². The number of rotatable bonds is 5. The fraction of sp³-hybridized carbons (Fsp3) is 0.417. The van der Waals surface area contributed by atoms with Gasteiger partial charge in [-0.2, -0.15) is 0 Å². The second-order valence-electron chi connectivity index (χ2n) is 4.07. The van der Waals surface area contributed by atoms with Crippen molar-refractivity contribution in [2.24, 2.45) is 0 Å². The average Bonchev–Trinajstić information content (AvgIpc) is 3.04. The number of carbonyl (C=O) groups excluding carboxylic acids is 1. The van der Waals surface area contributed by atoms with Crippen LogP contribution < -0.4 is 5.32 Å². The van der Waals surface area contributed by atoms with E-state index in [9.17, 15) is 13.6 Å². The molecule has 0 aromatic heterocycles. The van der Waals surface area contributed by atoms with E-state index >= 15 is 0 Å². The van der Waals surface area contributed by atoms with Crippen LogP contribution in [-0.2, 0) is 11.2 Å². The molecule has 1 N–H and O–H groups in total. The zero-order valence-corrected chi connectivity index (χ0v) is 8.80. The molecule has 0 unspecified atom stereocenters. The van der Waals surface area contributed by atoms with E-state index in [0.717, 1.165) is 12.8 Å². The molecule has 1 aromatic rings. The molecule has 1 saturated carbocycles. The maximum Gasteiger partial charge on any atom is 0.151 e. The van der Waals surface area contributed by atoms with Crippen LogP contribution in [-0.4, -0.2) is 18.4 Å². The maximum atomic E-state index is 13.2. The Morgan fingerprint density at radius 3 is 2.50 bits per heavy atom. The molecule has 2 nitrogen and oxygen atoms in total. The van der Waals surface area contributed by atoms with Crippen molar-refractivity contribution < 1.29 is 13.6 Å². The predicted molar refractivity (Wildman–Crippen MR) is 56.1 cm³/mol. The van der Waals surface area contributed by atoms with Gasteiger partial charge in [0, 0.05) is 18.0 Å². The number of benzene rings is 1. The molecule has 0 atom stereocenters. The van der Waals surface area contributed by atoms with E-state index in [1.807, 2.05) is 0 Å². The first-order valence-electron chi connectivity index (χ1n) is 5.35. The molecular weight excluding hydrogens is 212 g/mol. The number of hydrogen-bond donors (Lipinski definition) is 1. The third kappa shape index (κ3) is 2.85. The minimum atomic E-state index is -0.653. The van der Waals surface area contributed by atoms with Crippen LogP contribution in [0.1, 0.15) is 18.4 Å². The first-order valence-corrected chi connectivity index (χ1v) is 5.35. The highest BCUT2D eigenvalue weighted by Gasteiger charge is 2.21. The van der Waals surface area contributed by atoms with Gasteiger partial charge in [-0.3, -0.25) is 4.79 Å². The summed E-state index contributed by atoms with van der Waals surface area (Å²) >= 11 is 0. The Labute approximate surface area is 92.7 Å². The Hall–Kier alpha value is -1.29. The SMILES string of the molecule is O=C(CNC1CC1)Cc1c(F)cccc1F. The maximum absolute atomic E-state index is 13.2. The molecule has 1 aromatic carbocycles. The summed E-state index contributed by atoms with van der Waals surface area (Å²) in [6.07, 6.45) is 1.99. The van der Waals surface area contributed by atoms with Crippen LogP contribution >= 0.6 is 0 Å². The Bertz CT molecular complexity index is 382.